The van der Waals surface area contributed by atoms with Gasteiger partial charge in [-0.05, 0) is 68.1 Å². The smallest absolute Gasteiger partial charge is 0.279 e. The number of rotatable bonds is 7. The molecule has 1 aromatic heterocycles. The van der Waals surface area contributed by atoms with Gasteiger partial charge in [0.25, 0.3) is 5.91 Å². The molecule has 4 rings (SSSR count). The molecule has 1 saturated heterocycles. The lowest BCUT2D eigenvalue weighted by Crippen LogP contribution is -2.37. The monoisotopic (exact) mass is 565 g/mol. The van der Waals surface area contributed by atoms with Crippen LogP contribution in [0.1, 0.15) is 37.0 Å². The zero-order valence-electron chi connectivity index (χ0n) is 19.2. The molecular formula is C24H28BrN3O4S2. The molecule has 10 heteroatoms. The van der Waals surface area contributed by atoms with Crippen LogP contribution in [0.5, 0.6) is 0 Å². The molecule has 3 aromatic rings. The van der Waals surface area contributed by atoms with Crippen LogP contribution in [-0.4, -0.2) is 49.5 Å². The van der Waals surface area contributed by atoms with Crippen molar-refractivity contribution in [3.05, 3.63) is 57.3 Å². The molecule has 2 aromatic carbocycles. The summed E-state index contributed by atoms with van der Waals surface area (Å²) in [5.41, 5.74) is 1.33. The second-order valence-electron chi connectivity index (χ2n) is 8.37. The molecule has 182 valence electrons. The molecule has 2 heterocycles. The molecular weight excluding hydrogens is 538 g/mol. The van der Waals surface area contributed by atoms with Crippen LogP contribution in [0.3, 0.4) is 0 Å². The van der Waals surface area contributed by atoms with E-state index in [1.165, 1.54) is 27.8 Å². The number of carbonyl (C=O) groups is 1. The van der Waals surface area contributed by atoms with E-state index in [0.29, 0.717) is 49.1 Å². The fourth-order valence-corrected chi connectivity index (χ4v) is 7.02. The Morgan fingerprint density at radius 1 is 1.18 bits per heavy atom. The predicted molar refractivity (Wildman–Crippen MR) is 138 cm³/mol. The topological polar surface area (TPSA) is 81.0 Å². The second-order valence-corrected chi connectivity index (χ2v) is 12.2. The predicted octanol–water partition coefficient (Wildman–Crippen LogP) is 4.66. The fourth-order valence-electron chi connectivity index (χ4n) is 3.94. The lowest BCUT2D eigenvalue weighted by atomic mass is 10.0. The van der Waals surface area contributed by atoms with Crippen molar-refractivity contribution in [1.29, 1.82) is 0 Å². The van der Waals surface area contributed by atoms with Crippen LogP contribution >= 0.6 is 27.3 Å². The van der Waals surface area contributed by atoms with E-state index < -0.39 is 15.9 Å². The average Bonchev–Trinajstić information content (AvgIpc) is 3.15. The summed E-state index contributed by atoms with van der Waals surface area (Å²) in [6.07, 6.45) is 1.73. The fraction of sp³-hybridized carbons (Fsp3) is 0.417. The van der Waals surface area contributed by atoms with Gasteiger partial charge in [-0.2, -0.15) is 9.30 Å². The summed E-state index contributed by atoms with van der Waals surface area (Å²) in [4.78, 5) is 18.1. The second kappa shape index (κ2) is 10.8. The van der Waals surface area contributed by atoms with Gasteiger partial charge in [-0.3, -0.25) is 4.79 Å². The highest BCUT2D eigenvalue weighted by atomic mass is 79.9. The molecule has 0 bridgehead atoms. The summed E-state index contributed by atoms with van der Waals surface area (Å²) in [7, 11) is -3.56. The molecule has 1 amide bonds. The minimum atomic E-state index is -3.56. The Kier molecular flexibility index (Phi) is 8.04. The summed E-state index contributed by atoms with van der Waals surface area (Å²) >= 11 is 4.93. The van der Waals surface area contributed by atoms with Gasteiger partial charge in [-0.1, -0.05) is 34.2 Å². The van der Waals surface area contributed by atoms with Gasteiger partial charge >= 0.3 is 0 Å². The van der Waals surface area contributed by atoms with Crippen LogP contribution in [0.25, 0.3) is 10.2 Å². The molecule has 0 unspecified atom stereocenters. The molecule has 0 atom stereocenters. The third kappa shape index (κ3) is 5.52. The average molecular weight is 567 g/mol. The number of benzene rings is 2. The quantitative estimate of drug-likeness (QED) is 0.390. The number of halogens is 1. The summed E-state index contributed by atoms with van der Waals surface area (Å²) in [6, 6.07) is 12.0. The molecule has 0 saturated carbocycles. The van der Waals surface area contributed by atoms with E-state index in [1.807, 2.05) is 29.7 Å². The molecule has 7 nitrogen and oxygen atoms in total. The molecule has 0 spiro atoms. The van der Waals surface area contributed by atoms with Crippen LogP contribution in [0.15, 0.2) is 56.8 Å². The van der Waals surface area contributed by atoms with Crippen molar-refractivity contribution < 1.29 is 17.9 Å². The molecule has 1 aliphatic rings. The Morgan fingerprint density at radius 3 is 2.56 bits per heavy atom. The number of sulfonamides is 1. The maximum absolute atomic E-state index is 13.0. The minimum Gasteiger partial charge on any atom is -0.380 e. The first-order valence-corrected chi connectivity index (χ1v) is 14.4. The molecule has 0 N–H and O–H groups in total. The van der Waals surface area contributed by atoms with Crippen LogP contribution in [0, 0.1) is 5.92 Å². The molecule has 34 heavy (non-hydrogen) atoms. The Labute approximate surface area is 212 Å². The van der Waals surface area contributed by atoms with E-state index in [4.69, 9.17) is 4.74 Å². The largest absolute Gasteiger partial charge is 0.380 e. The lowest BCUT2D eigenvalue weighted by molar-refractivity contribution is 0.0996. The van der Waals surface area contributed by atoms with Crippen molar-refractivity contribution in [1.82, 2.24) is 8.87 Å². The van der Waals surface area contributed by atoms with Crippen LogP contribution in [-0.2, 0) is 21.3 Å². The first-order valence-electron chi connectivity index (χ1n) is 11.4. The summed E-state index contributed by atoms with van der Waals surface area (Å²) < 4.78 is 36.9. The van der Waals surface area contributed by atoms with Crippen molar-refractivity contribution >= 4 is 53.4 Å². The first-order chi connectivity index (χ1) is 16.3. The molecule has 0 aliphatic carbocycles. The van der Waals surface area contributed by atoms with Crippen LogP contribution in [0.2, 0.25) is 0 Å². The number of thiazole rings is 1. The highest BCUT2D eigenvalue weighted by Gasteiger charge is 2.28. The van der Waals surface area contributed by atoms with Gasteiger partial charge in [0.2, 0.25) is 10.0 Å². The number of ether oxygens (including phenoxy) is 1. The highest BCUT2D eigenvalue weighted by Crippen LogP contribution is 2.24. The number of fused-ring (bicyclic) bond motifs is 1. The normalized spacial score (nSPS) is 16.4. The maximum atomic E-state index is 13.0. The zero-order chi connectivity index (χ0) is 24.3. The summed E-state index contributed by atoms with van der Waals surface area (Å²) in [5, 5.41) is 0. The van der Waals surface area contributed by atoms with Crippen molar-refractivity contribution in [3.63, 3.8) is 0 Å². The Balaban J connectivity index is 1.61. The van der Waals surface area contributed by atoms with Crippen LogP contribution in [0.4, 0.5) is 0 Å². The Bertz CT molecular complexity index is 1340. The van der Waals surface area contributed by atoms with E-state index in [-0.39, 0.29) is 4.90 Å². The molecule has 0 radical (unpaired) electrons. The SMILES string of the molecule is CCOCCn1c(=NC(=O)c2ccc(S(=O)(=O)N3CCC(C)CC3)cc2)sc2cc(Br)ccc21. The standard InChI is InChI=1S/C24H28BrN3O4S2/c1-3-32-15-14-28-21-9-6-19(25)16-22(21)33-24(28)26-23(29)18-4-7-20(8-5-18)34(30,31)27-12-10-17(2)11-13-27/h4-9,16-17H,3,10-15H2,1-2H3. The first kappa shape index (κ1) is 25.2. The number of piperidine rings is 1. The van der Waals surface area contributed by atoms with E-state index in [2.05, 4.69) is 27.8 Å². The Hall–Kier alpha value is -1.85. The van der Waals surface area contributed by atoms with Gasteiger partial charge < -0.3 is 9.30 Å². The molecule has 1 fully saturated rings. The van der Waals surface area contributed by atoms with Gasteiger partial charge in [0, 0.05) is 36.3 Å². The van der Waals surface area contributed by atoms with E-state index in [1.54, 1.807) is 12.1 Å². The van der Waals surface area contributed by atoms with Gasteiger partial charge in [0.05, 0.1) is 21.7 Å². The highest BCUT2D eigenvalue weighted by molar-refractivity contribution is 9.10. The lowest BCUT2D eigenvalue weighted by Gasteiger charge is -2.29. The van der Waals surface area contributed by atoms with Gasteiger partial charge in [-0.15, -0.1) is 0 Å². The van der Waals surface area contributed by atoms with Gasteiger partial charge in [-0.25, -0.2) is 8.42 Å². The number of hydrogen-bond donors (Lipinski definition) is 0. The number of aromatic nitrogens is 1. The number of nitrogens with zero attached hydrogens (tertiary/aromatic N) is 3. The summed E-state index contributed by atoms with van der Waals surface area (Å²) in [5.74, 6) is 0.130. The van der Waals surface area contributed by atoms with Crippen molar-refractivity contribution in [2.75, 3.05) is 26.3 Å². The Morgan fingerprint density at radius 2 is 1.88 bits per heavy atom. The van der Waals surface area contributed by atoms with Crippen molar-refractivity contribution in [2.45, 2.75) is 38.1 Å². The van der Waals surface area contributed by atoms with Gasteiger partial charge in [0.1, 0.15) is 0 Å². The summed E-state index contributed by atoms with van der Waals surface area (Å²) in [6.45, 7) is 6.86. The number of hydrogen-bond acceptors (Lipinski definition) is 5. The third-order valence-corrected chi connectivity index (χ3v) is 9.43. The third-order valence-electron chi connectivity index (χ3n) is 5.99. The van der Waals surface area contributed by atoms with Crippen molar-refractivity contribution in [2.24, 2.45) is 10.9 Å². The number of carbonyl (C=O) groups excluding carboxylic acids is 1. The van der Waals surface area contributed by atoms with E-state index in [0.717, 1.165) is 27.5 Å². The molecule has 1 aliphatic heterocycles. The minimum absolute atomic E-state index is 0.206. The zero-order valence-corrected chi connectivity index (χ0v) is 22.5. The number of amides is 1. The van der Waals surface area contributed by atoms with Crippen LogP contribution < -0.4 is 4.80 Å². The van der Waals surface area contributed by atoms with Crippen molar-refractivity contribution in [3.8, 4) is 0 Å². The van der Waals surface area contributed by atoms with E-state index in [9.17, 15) is 13.2 Å². The van der Waals surface area contributed by atoms with Gasteiger partial charge in [0.15, 0.2) is 4.80 Å². The van der Waals surface area contributed by atoms with E-state index >= 15 is 0 Å². The maximum Gasteiger partial charge on any atom is 0.279 e.